The molecule has 5 nitrogen and oxygen atoms in total. The fourth-order valence-electron chi connectivity index (χ4n) is 2.20. The van der Waals surface area contributed by atoms with E-state index in [-0.39, 0.29) is 16.5 Å². The van der Waals surface area contributed by atoms with Gasteiger partial charge < -0.3 is 4.90 Å². The Morgan fingerprint density at radius 2 is 1.95 bits per heavy atom. The van der Waals surface area contributed by atoms with E-state index in [1.54, 1.807) is 12.1 Å². The van der Waals surface area contributed by atoms with Crippen LogP contribution in [0.15, 0.2) is 29.2 Å². The van der Waals surface area contributed by atoms with Crippen LogP contribution in [0.4, 0.5) is 0 Å². The number of piperidine rings is 1. The maximum Gasteiger partial charge on any atom is 0.242 e. The summed E-state index contributed by atoms with van der Waals surface area (Å²) >= 11 is 0. The standard InChI is InChI=1S/C13H17N3O2S/c1-16-8-6-12(7-9-16)15-19(17,18)13-5-3-2-4-11(13)10-14/h2-5,12,15H,6-9H2,1H3. The van der Waals surface area contributed by atoms with Crippen LogP contribution in [-0.4, -0.2) is 39.5 Å². The Kier molecular flexibility index (Phi) is 4.20. The molecule has 2 rings (SSSR count). The number of likely N-dealkylation sites (tertiary alicyclic amines) is 1. The van der Waals surface area contributed by atoms with E-state index < -0.39 is 10.0 Å². The number of nitrogens with zero attached hydrogens (tertiary/aromatic N) is 2. The van der Waals surface area contributed by atoms with E-state index in [1.165, 1.54) is 12.1 Å². The molecule has 1 saturated heterocycles. The van der Waals surface area contributed by atoms with Gasteiger partial charge in [0.25, 0.3) is 0 Å². The number of rotatable bonds is 3. The largest absolute Gasteiger partial charge is 0.306 e. The molecule has 0 bridgehead atoms. The summed E-state index contributed by atoms with van der Waals surface area (Å²) in [5.74, 6) is 0. The van der Waals surface area contributed by atoms with E-state index in [2.05, 4.69) is 9.62 Å². The third-order valence-corrected chi connectivity index (χ3v) is 4.92. The van der Waals surface area contributed by atoms with Gasteiger partial charge in [-0.2, -0.15) is 5.26 Å². The molecule has 0 spiro atoms. The summed E-state index contributed by atoms with van der Waals surface area (Å²) in [6, 6.07) is 8.14. The Bertz CT molecular complexity index is 584. The summed E-state index contributed by atoms with van der Waals surface area (Å²) in [5.41, 5.74) is 0.183. The molecule has 0 radical (unpaired) electrons. The zero-order chi connectivity index (χ0) is 13.9. The highest BCUT2D eigenvalue weighted by Gasteiger charge is 2.24. The minimum absolute atomic E-state index is 0.0482. The first kappa shape index (κ1) is 14.0. The Labute approximate surface area is 113 Å². The third-order valence-electron chi connectivity index (χ3n) is 3.34. The molecular formula is C13H17N3O2S. The van der Waals surface area contributed by atoms with E-state index in [4.69, 9.17) is 5.26 Å². The van der Waals surface area contributed by atoms with E-state index in [1.807, 2.05) is 13.1 Å². The Hall–Kier alpha value is -1.42. The zero-order valence-corrected chi connectivity index (χ0v) is 11.7. The van der Waals surface area contributed by atoms with Gasteiger partial charge >= 0.3 is 0 Å². The van der Waals surface area contributed by atoms with Gasteiger partial charge in [-0.05, 0) is 45.1 Å². The molecule has 0 amide bonds. The van der Waals surface area contributed by atoms with Crippen LogP contribution in [0.5, 0.6) is 0 Å². The smallest absolute Gasteiger partial charge is 0.242 e. The first-order chi connectivity index (χ1) is 9.03. The lowest BCUT2D eigenvalue weighted by atomic mass is 10.1. The molecule has 1 aliphatic rings. The van der Waals surface area contributed by atoms with Crippen molar-refractivity contribution >= 4 is 10.0 Å². The second kappa shape index (κ2) is 5.70. The second-order valence-electron chi connectivity index (χ2n) is 4.81. The zero-order valence-electron chi connectivity index (χ0n) is 10.8. The van der Waals surface area contributed by atoms with Gasteiger partial charge in [-0.15, -0.1) is 0 Å². The quantitative estimate of drug-likeness (QED) is 0.893. The summed E-state index contributed by atoms with van der Waals surface area (Å²) < 4.78 is 27.3. The Balaban J connectivity index is 2.17. The van der Waals surface area contributed by atoms with Crippen molar-refractivity contribution in [3.05, 3.63) is 29.8 Å². The molecule has 1 fully saturated rings. The number of hydrogen-bond donors (Lipinski definition) is 1. The minimum Gasteiger partial charge on any atom is -0.306 e. The van der Waals surface area contributed by atoms with Crippen LogP contribution in [0.1, 0.15) is 18.4 Å². The van der Waals surface area contributed by atoms with Crippen molar-refractivity contribution in [3.63, 3.8) is 0 Å². The summed E-state index contributed by atoms with van der Waals surface area (Å²) in [5, 5.41) is 8.97. The van der Waals surface area contributed by atoms with Gasteiger partial charge in [-0.25, -0.2) is 13.1 Å². The van der Waals surface area contributed by atoms with Crippen molar-refractivity contribution in [2.24, 2.45) is 0 Å². The number of nitrogens with one attached hydrogen (secondary N) is 1. The maximum absolute atomic E-state index is 12.3. The predicted octanol–water partition coefficient (Wildman–Crippen LogP) is 0.931. The number of benzene rings is 1. The lowest BCUT2D eigenvalue weighted by Gasteiger charge is -2.29. The van der Waals surface area contributed by atoms with Gasteiger partial charge in [0, 0.05) is 6.04 Å². The van der Waals surface area contributed by atoms with Gasteiger partial charge in [0.2, 0.25) is 10.0 Å². The molecular weight excluding hydrogens is 262 g/mol. The van der Waals surface area contributed by atoms with Crippen molar-refractivity contribution in [1.82, 2.24) is 9.62 Å². The van der Waals surface area contributed by atoms with Crippen LogP contribution in [0, 0.1) is 11.3 Å². The average Bonchev–Trinajstić information content (AvgIpc) is 2.41. The van der Waals surface area contributed by atoms with Gasteiger partial charge in [0.1, 0.15) is 6.07 Å². The number of sulfonamides is 1. The molecule has 1 heterocycles. The lowest BCUT2D eigenvalue weighted by Crippen LogP contribution is -2.43. The highest BCUT2D eigenvalue weighted by Crippen LogP contribution is 2.17. The van der Waals surface area contributed by atoms with Crippen LogP contribution in [0.25, 0.3) is 0 Å². The number of nitriles is 1. The van der Waals surface area contributed by atoms with Gasteiger partial charge in [0.05, 0.1) is 10.5 Å². The van der Waals surface area contributed by atoms with Gasteiger partial charge in [0.15, 0.2) is 0 Å². The molecule has 0 unspecified atom stereocenters. The Morgan fingerprint density at radius 3 is 2.58 bits per heavy atom. The molecule has 1 aromatic rings. The molecule has 102 valence electrons. The monoisotopic (exact) mass is 279 g/mol. The molecule has 0 aromatic heterocycles. The van der Waals surface area contributed by atoms with E-state index in [0.29, 0.717) is 0 Å². The maximum atomic E-state index is 12.3. The first-order valence-electron chi connectivity index (χ1n) is 6.23. The molecule has 0 saturated carbocycles. The SMILES string of the molecule is CN1CCC(NS(=O)(=O)c2ccccc2C#N)CC1. The molecule has 0 atom stereocenters. The third kappa shape index (κ3) is 3.32. The van der Waals surface area contributed by atoms with E-state index in [9.17, 15) is 8.42 Å². The van der Waals surface area contributed by atoms with Crippen LogP contribution in [-0.2, 0) is 10.0 Å². The summed E-state index contributed by atoms with van der Waals surface area (Å²) in [4.78, 5) is 2.24. The lowest BCUT2D eigenvalue weighted by molar-refractivity contribution is 0.248. The van der Waals surface area contributed by atoms with Crippen LogP contribution in [0.3, 0.4) is 0 Å². The van der Waals surface area contributed by atoms with Crippen molar-refractivity contribution in [1.29, 1.82) is 5.26 Å². The normalized spacial score (nSPS) is 18.1. The average molecular weight is 279 g/mol. The topological polar surface area (TPSA) is 73.2 Å². The van der Waals surface area contributed by atoms with E-state index in [0.717, 1.165) is 25.9 Å². The summed E-state index contributed by atoms with van der Waals surface area (Å²) in [7, 11) is -1.59. The molecule has 19 heavy (non-hydrogen) atoms. The molecule has 0 aliphatic carbocycles. The Morgan fingerprint density at radius 1 is 1.32 bits per heavy atom. The first-order valence-corrected chi connectivity index (χ1v) is 7.71. The number of hydrogen-bond acceptors (Lipinski definition) is 4. The fraction of sp³-hybridized carbons (Fsp3) is 0.462. The van der Waals surface area contributed by atoms with Crippen LogP contribution < -0.4 is 4.72 Å². The molecule has 1 aromatic carbocycles. The second-order valence-corrected chi connectivity index (χ2v) is 6.49. The molecule has 1 aliphatic heterocycles. The summed E-state index contributed by atoms with van der Waals surface area (Å²) in [6.45, 7) is 1.76. The highest BCUT2D eigenvalue weighted by atomic mass is 32.2. The van der Waals surface area contributed by atoms with Crippen molar-refractivity contribution in [2.45, 2.75) is 23.8 Å². The minimum atomic E-state index is -3.61. The van der Waals surface area contributed by atoms with Crippen molar-refractivity contribution < 1.29 is 8.42 Å². The van der Waals surface area contributed by atoms with Crippen molar-refractivity contribution in [2.75, 3.05) is 20.1 Å². The molecule has 1 N–H and O–H groups in total. The fourth-order valence-corrected chi connectivity index (χ4v) is 3.67. The van der Waals surface area contributed by atoms with Crippen LogP contribution in [0.2, 0.25) is 0 Å². The van der Waals surface area contributed by atoms with Crippen molar-refractivity contribution in [3.8, 4) is 6.07 Å². The summed E-state index contributed by atoms with van der Waals surface area (Å²) in [6.07, 6.45) is 1.59. The van der Waals surface area contributed by atoms with E-state index >= 15 is 0 Å². The van der Waals surface area contributed by atoms with Crippen LogP contribution >= 0.6 is 0 Å². The van der Waals surface area contributed by atoms with Gasteiger partial charge in [-0.3, -0.25) is 0 Å². The molecule has 6 heteroatoms. The van der Waals surface area contributed by atoms with Gasteiger partial charge in [-0.1, -0.05) is 12.1 Å². The predicted molar refractivity (Wildman–Crippen MR) is 72.0 cm³/mol. The highest BCUT2D eigenvalue weighted by molar-refractivity contribution is 7.89.